The summed E-state index contributed by atoms with van der Waals surface area (Å²) in [5, 5.41) is 0. The average Bonchev–Trinajstić information content (AvgIpc) is 2.37. The van der Waals surface area contributed by atoms with Gasteiger partial charge in [-0.05, 0) is 43.9 Å². The maximum absolute atomic E-state index is 12.3. The molecule has 1 saturated carbocycles. The van der Waals surface area contributed by atoms with Crippen molar-refractivity contribution >= 4 is 11.9 Å². The van der Waals surface area contributed by atoms with Crippen LogP contribution in [-0.2, 0) is 14.3 Å². The Hall–Kier alpha value is -1.06. The molecule has 1 aliphatic rings. The molecule has 4 heteroatoms. The van der Waals surface area contributed by atoms with Crippen LogP contribution in [0.15, 0.2) is 0 Å². The largest absolute Gasteiger partial charge is 0.465 e. The fraction of sp³-hybridized carbons (Fsp3) is 0.875. The third-order valence-corrected chi connectivity index (χ3v) is 4.35. The molecular weight excluding hydrogens is 254 g/mol. The van der Waals surface area contributed by atoms with E-state index in [0.29, 0.717) is 17.9 Å². The molecule has 0 aliphatic heterocycles. The van der Waals surface area contributed by atoms with Gasteiger partial charge < -0.3 is 9.64 Å². The Morgan fingerprint density at radius 1 is 1.15 bits per heavy atom. The Bertz CT molecular complexity index is 338. The molecule has 1 rings (SSSR count). The highest BCUT2D eigenvalue weighted by Gasteiger charge is 2.33. The number of nitrogens with zero attached hydrogens (tertiary/aromatic N) is 1. The van der Waals surface area contributed by atoms with Gasteiger partial charge in [0, 0.05) is 13.0 Å². The molecule has 0 spiro atoms. The Morgan fingerprint density at radius 2 is 1.70 bits per heavy atom. The zero-order chi connectivity index (χ0) is 15.3. The first kappa shape index (κ1) is 17.0. The third kappa shape index (κ3) is 4.80. The van der Waals surface area contributed by atoms with E-state index in [4.69, 9.17) is 4.74 Å². The van der Waals surface area contributed by atoms with E-state index >= 15 is 0 Å². The Balaban J connectivity index is 2.44. The lowest BCUT2D eigenvalue weighted by Crippen LogP contribution is -2.39. The highest BCUT2D eigenvalue weighted by molar-refractivity contribution is 5.83. The Kier molecular flexibility index (Phi) is 6.03. The summed E-state index contributed by atoms with van der Waals surface area (Å²) >= 11 is 0. The summed E-state index contributed by atoms with van der Waals surface area (Å²) in [5.74, 6) is 0.534. The van der Waals surface area contributed by atoms with Gasteiger partial charge in [0.2, 0.25) is 5.91 Å². The van der Waals surface area contributed by atoms with Gasteiger partial charge in [-0.3, -0.25) is 9.59 Å². The fourth-order valence-corrected chi connectivity index (χ4v) is 3.00. The van der Waals surface area contributed by atoms with Crippen LogP contribution in [0.3, 0.4) is 0 Å². The zero-order valence-corrected chi connectivity index (χ0v) is 13.6. The van der Waals surface area contributed by atoms with Crippen LogP contribution in [0.4, 0.5) is 0 Å². The maximum atomic E-state index is 12.3. The zero-order valence-electron chi connectivity index (χ0n) is 13.6. The van der Waals surface area contributed by atoms with Gasteiger partial charge in [-0.1, -0.05) is 20.8 Å². The van der Waals surface area contributed by atoms with Gasteiger partial charge in [0.25, 0.3) is 0 Å². The first-order chi connectivity index (χ1) is 9.25. The minimum atomic E-state index is -0.327. The standard InChI is InChI=1S/C16H29NO3/c1-6-20-14(18)11-17(5)15(19)12-7-9-13(10-8-12)16(2,3)4/h12-13H,6-11H2,1-5H3. The van der Waals surface area contributed by atoms with E-state index in [-0.39, 0.29) is 24.3 Å². The van der Waals surface area contributed by atoms with E-state index in [9.17, 15) is 9.59 Å². The highest BCUT2D eigenvalue weighted by atomic mass is 16.5. The Morgan fingerprint density at radius 3 is 2.15 bits per heavy atom. The lowest BCUT2D eigenvalue weighted by Gasteiger charge is -2.37. The minimum Gasteiger partial charge on any atom is -0.465 e. The van der Waals surface area contributed by atoms with Crippen molar-refractivity contribution in [2.45, 2.75) is 53.4 Å². The van der Waals surface area contributed by atoms with Crippen molar-refractivity contribution in [1.82, 2.24) is 4.90 Å². The van der Waals surface area contributed by atoms with Crippen molar-refractivity contribution < 1.29 is 14.3 Å². The van der Waals surface area contributed by atoms with Gasteiger partial charge in [0.05, 0.1) is 6.61 Å². The number of carbonyl (C=O) groups is 2. The quantitative estimate of drug-likeness (QED) is 0.745. The van der Waals surface area contributed by atoms with E-state index < -0.39 is 0 Å². The minimum absolute atomic E-state index is 0.0614. The average molecular weight is 283 g/mol. The van der Waals surface area contributed by atoms with Gasteiger partial charge in [0.15, 0.2) is 0 Å². The SMILES string of the molecule is CCOC(=O)CN(C)C(=O)C1CCC(C(C)(C)C)CC1. The summed E-state index contributed by atoms with van der Waals surface area (Å²) < 4.78 is 4.88. The topological polar surface area (TPSA) is 46.6 Å². The van der Waals surface area contributed by atoms with Crippen LogP contribution in [0.5, 0.6) is 0 Å². The van der Waals surface area contributed by atoms with E-state index in [0.717, 1.165) is 25.7 Å². The molecule has 116 valence electrons. The molecule has 1 fully saturated rings. The van der Waals surface area contributed by atoms with Crippen LogP contribution in [0.1, 0.15) is 53.4 Å². The molecule has 0 N–H and O–H groups in total. The third-order valence-electron chi connectivity index (χ3n) is 4.35. The van der Waals surface area contributed by atoms with E-state index in [1.165, 1.54) is 4.90 Å². The second-order valence-corrected chi connectivity index (χ2v) is 6.91. The van der Waals surface area contributed by atoms with Gasteiger partial charge >= 0.3 is 5.97 Å². The van der Waals surface area contributed by atoms with Crippen LogP contribution >= 0.6 is 0 Å². The van der Waals surface area contributed by atoms with Crippen LogP contribution in [-0.4, -0.2) is 37.0 Å². The van der Waals surface area contributed by atoms with Crippen molar-refractivity contribution in [2.75, 3.05) is 20.2 Å². The predicted molar refractivity (Wildman–Crippen MR) is 79.2 cm³/mol. The monoisotopic (exact) mass is 283 g/mol. The molecule has 4 nitrogen and oxygen atoms in total. The number of rotatable bonds is 4. The van der Waals surface area contributed by atoms with Crippen molar-refractivity contribution in [2.24, 2.45) is 17.3 Å². The molecule has 0 bridgehead atoms. The number of hydrogen-bond acceptors (Lipinski definition) is 3. The molecule has 0 aromatic heterocycles. The van der Waals surface area contributed by atoms with Gasteiger partial charge in [-0.2, -0.15) is 0 Å². The van der Waals surface area contributed by atoms with Gasteiger partial charge in [-0.25, -0.2) is 0 Å². The molecule has 0 saturated heterocycles. The lowest BCUT2D eigenvalue weighted by molar-refractivity contribution is -0.149. The maximum Gasteiger partial charge on any atom is 0.325 e. The first-order valence-electron chi connectivity index (χ1n) is 7.66. The second-order valence-electron chi connectivity index (χ2n) is 6.91. The lowest BCUT2D eigenvalue weighted by atomic mass is 9.69. The van der Waals surface area contributed by atoms with Crippen molar-refractivity contribution in [3.8, 4) is 0 Å². The van der Waals surface area contributed by atoms with Crippen LogP contribution in [0, 0.1) is 17.3 Å². The fourth-order valence-electron chi connectivity index (χ4n) is 3.00. The molecule has 0 radical (unpaired) electrons. The number of ether oxygens (including phenoxy) is 1. The highest BCUT2D eigenvalue weighted by Crippen LogP contribution is 2.40. The second kappa shape index (κ2) is 7.09. The van der Waals surface area contributed by atoms with Crippen LogP contribution in [0.2, 0.25) is 0 Å². The van der Waals surface area contributed by atoms with Crippen molar-refractivity contribution in [3.05, 3.63) is 0 Å². The molecule has 1 amide bonds. The molecule has 20 heavy (non-hydrogen) atoms. The van der Waals surface area contributed by atoms with E-state index in [2.05, 4.69) is 20.8 Å². The first-order valence-corrected chi connectivity index (χ1v) is 7.66. The normalized spacial score (nSPS) is 23.2. The molecule has 1 aliphatic carbocycles. The number of hydrogen-bond donors (Lipinski definition) is 0. The van der Waals surface area contributed by atoms with Crippen molar-refractivity contribution in [3.63, 3.8) is 0 Å². The number of amides is 1. The smallest absolute Gasteiger partial charge is 0.325 e. The summed E-state index contributed by atoms with van der Waals surface area (Å²) in [6, 6.07) is 0. The van der Waals surface area contributed by atoms with Gasteiger partial charge in [0.1, 0.15) is 6.54 Å². The molecular formula is C16H29NO3. The molecule has 0 aromatic rings. The number of carbonyl (C=O) groups excluding carboxylic acids is 2. The summed E-state index contributed by atoms with van der Waals surface area (Å²) in [5.41, 5.74) is 0.324. The van der Waals surface area contributed by atoms with E-state index in [1.807, 2.05) is 0 Å². The summed E-state index contributed by atoms with van der Waals surface area (Å²) in [6.45, 7) is 9.00. The summed E-state index contributed by atoms with van der Waals surface area (Å²) in [4.78, 5) is 25.2. The Labute approximate surface area is 122 Å². The van der Waals surface area contributed by atoms with Gasteiger partial charge in [-0.15, -0.1) is 0 Å². The molecule has 0 heterocycles. The summed E-state index contributed by atoms with van der Waals surface area (Å²) in [7, 11) is 1.69. The van der Waals surface area contributed by atoms with Crippen LogP contribution in [0.25, 0.3) is 0 Å². The number of likely N-dealkylation sites (N-methyl/N-ethyl adjacent to an activating group) is 1. The van der Waals surface area contributed by atoms with E-state index in [1.54, 1.807) is 14.0 Å². The summed E-state index contributed by atoms with van der Waals surface area (Å²) in [6.07, 6.45) is 4.09. The van der Waals surface area contributed by atoms with Crippen LogP contribution < -0.4 is 0 Å². The molecule has 0 atom stereocenters. The van der Waals surface area contributed by atoms with Crippen molar-refractivity contribution in [1.29, 1.82) is 0 Å². The molecule has 0 unspecified atom stereocenters. The number of esters is 1. The molecule has 0 aromatic carbocycles. The predicted octanol–water partition coefficient (Wildman–Crippen LogP) is 2.86.